The normalized spacial score (nSPS) is 14.3. The molecule has 222 valence electrons. The van der Waals surface area contributed by atoms with Gasteiger partial charge in [-0.1, -0.05) is 66.7 Å². The van der Waals surface area contributed by atoms with Crippen LogP contribution in [-0.2, 0) is 29.7 Å². The number of carbonyl (C=O) groups is 1. The van der Waals surface area contributed by atoms with Crippen molar-refractivity contribution >= 4 is 61.2 Å². The number of nitrogens with zero attached hydrogens (tertiary/aromatic N) is 3. The molecular weight excluding hydrogens is 550 g/mol. The average Bonchev–Trinajstić information content (AvgIpc) is 3.58. The van der Waals surface area contributed by atoms with Gasteiger partial charge in [0.05, 0.1) is 0 Å². The topological polar surface area (TPSA) is 30.2 Å². The summed E-state index contributed by atoms with van der Waals surface area (Å²) < 4.78 is 4.81. The van der Waals surface area contributed by atoms with Crippen LogP contribution >= 0.6 is 0 Å². The van der Waals surface area contributed by atoms with Gasteiger partial charge >= 0.3 is 0 Å². The van der Waals surface area contributed by atoms with Crippen LogP contribution in [0, 0.1) is 0 Å². The summed E-state index contributed by atoms with van der Waals surface area (Å²) in [5, 5.41) is 5.02. The van der Waals surface area contributed by atoms with Crippen LogP contribution < -0.4 is 4.90 Å². The number of allylic oxidation sites excluding steroid dienone is 2. The molecule has 0 N–H and O–H groups in total. The molecule has 0 saturated carbocycles. The van der Waals surface area contributed by atoms with Crippen molar-refractivity contribution in [3.05, 3.63) is 131 Å². The molecule has 0 unspecified atom stereocenters. The van der Waals surface area contributed by atoms with Gasteiger partial charge in [0.15, 0.2) is 0 Å². The molecule has 0 aliphatic heterocycles. The molecule has 2 heterocycles. The van der Waals surface area contributed by atoms with Crippen molar-refractivity contribution in [3.63, 3.8) is 0 Å². The van der Waals surface area contributed by atoms with Crippen LogP contribution in [0.1, 0.15) is 36.1 Å². The number of fused-ring (bicyclic) bond motifs is 7. The lowest BCUT2D eigenvalue weighted by atomic mass is 9.65. The third-order valence-electron chi connectivity index (χ3n) is 10.1. The Morgan fingerprint density at radius 2 is 1.20 bits per heavy atom. The molecule has 0 atom stereocenters. The Morgan fingerprint density at radius 1 is 0.667 bits per heavy atom. The van der Waals surface area contributed by atoms with Gasteiger partial charge in [-0.15, -0.1) is 0 Å². The number of aldehydes is 1. The van der Waals surface area contributed by atoms with Gasteiger partial charge < -0.3 is 14.0 Å². The number of carbonyl (C=O) groups excluding carboxylic acids is 1. The monoisotopic (exact) mass is 587 g/mol. The second kappa shape index (κ2) is 10.2. The maximum Gasteiger partial charge on any atom is 0.150 e. The standard InChI is InChI=1S/C41H37N3O/c1-5-43-37-15-9-7-12-31(37)33-22-28(18-20-39(33)43)41(24-27(26-45)30-14-11-17-36(42(3)4)35(30)25-41)29-19-21-40-34(23-29)32-13-8-10-16-38(32)44(40)6-2/h7-24,26H,5-6,25H2,1-4H3. The van der Waals surface area contributed by atoms with E-state index in [1.807, 2.05) is 0 Å². The quantitative estimate of drug-likeness (QED) is 0.182. The van der Waals surface area contributed by atoms with Gasteiger partial charge in [-0.3, -0.25) is 4.79 Å². The van der Waals surface area contributed by atoms with E-state index in [9.17, 15) is 4.79 Å². The second-order valence-corrected chi connectivity index (χ2v) is 12.6. The van der Waals surface area contributed by atoms with E-state index in [1.54, 1.807) is 0 Å². The van der Waals surface area contributed by atoms with Crippen molar-refractivity contribution in [2.75, 3.05) is 19.0 Å². The Morgan fingerprint density at radius 3 is 1.71 bits per heavy atom. The lowest BCUT2D eigenvalue weighted by Crippen LogP contribution is -2.33. The summed E-state index contributed by atoms with van der Waals surface area (Å²) in [6.45, 7) is 6.23. The Kier molecular flexibility index (Phi) is 6.25. The molecule has 1 aliphatic rings. The first-order valence-electron chi connectivity index (χ1n) is 16.0. The number of aromatic nitrogens is 2. The Hall–Kier alpha value is -5.09. The largest absolute Gasteiger partial charge is 0.377 e. The van der Waals surface area contributed by atoms with Gasteiger partial charge in [0.2, 0.25) is 0 Å². The molecule has 0 bridgehead atoms. The molecule has 4 nitrogen and oxygen atoms in total. The first kappa shape index (κ1) is 27.5. The minimum Gasteiger partial charge on any atom is -0.377 e. The van der Waals surface area contributed by atoms with E-state index in [0.29, 0.717) is 0 Å². The second-order valence-electron chi connectivity index (χ2n) is 12.6. The molecule has 1 aliphatic carbocycles. The van der Waals surface area contributed by atoms with Gasteiger partial charge in [0.25, 0.3) is 0 Å². The van der Waals surface area contributed by atoms with Crippen LogP contribution in [0.15, 0.2) is 109 Å². The molecule has 0 amide bonds. The number of hydrogen-bond acceptors (Lipinski definition) is 2. The van der Waals surface area contributed by atoms with E-state index >= 15 is 0 Å². The maximum atomic E-state index is 12.9. The molecule has 8 rings (SSSR count). The van der Waals surface area contributed by atoms with Crippen LogP contribution in [0.4, 0.5) is 5.69 Å². The fourth-order valence-corrected chi connectivity index (χ4v) is 8.10. The van der Waals surface area contributed by atoms with E-state index in [1.165, 1.54) is 60.3 Å². The number of aryl methyl sites for hydroxylation is 2. The summed E-state index contributed by atoms with van der Waals surface area (Å²) in [4.78, 5) is 15.1. The molecule has 0 saturated heterocycles. The van der Waals surface area contributed by atoms with E-state index in [2.05, 4.69) is 151 Å². The number of hydrogen-bond donors (Lipinski definition) is 0. The predicted molar refractivity (Wildman–Crippen MR) is 190 cm³/mol. The lowest BCUT2D eigenvalue weighted by Gasteiger charge is -2.38. The van der Waals surface area contributed by atoms with Crippen LogP contribution in [0.25, 0.3) is 49.2 Å². The van der Waals surface area contributed by atoms with Crippen molar-refractivity contribution in [2.45, 2.75) is 38.8 Å². The smallest absolute Gasteiger partial charge is 0.150 e. The van der Waals surface area contributed by atoms with Crippen LogP contribution in [-0.4, -0.2) is 29.5 Å². The molecule has 0 spiro atoms. The summed E-state index contributed by atoms with van der Waals surface area (Å²) in [6.07, 6.45) is 4.06. The summed E-state index contributed by atoms with van der Waals surface area (Å²) in [5.74, 6) is 0. The van der Waals surface area contributed by atoms with Gasteiger partial charge in [0.1, 0.15) is 6.29 Å². The number of benzene rings is 5. The highest BCUT2D eigenvalue weighted by Crippen LogP contribution is 2.48. The Labute approximate surface area is 263 Å². The van der Waals surface area contributed by atoms with Crippen molar-refractivity contribution in [2.24, 2.45) is 0 Å². The number of rotatable bonds is 6. The summed E-state index contributed by atoms with van der Waals surface area (Å²) in [5.41, 5.74) is 11.0. The number of para-hydroxylation sites is 2. The molecule has 0 fully saturated rings. The first-order chi connectivity index (χ1) is 22.0. The van der Waals surface area contributed by atoms with E-state index in [-0.39, 0.29) is 0 Å². The van der Waals surface area contributed by atoms with Gasteiger partial charge in [0, 0.05) is 87.5 Å². The van der Waals surface area contributed by atoms with Crippen LogP contribution in [0.5, 0.6) is 0 Å². The van der Waals surface area contributed by atoms with Crippen molar-refractivity contribution in [1.82, 2.24) is 9.13 Å². The fraction of sp³-hybridized carbons (Fsp3) is 0.195. The third kappa shape index (κ3) is 3.88. The van der Waals surface area contributed by atoms with Gasteiger partial charge in [-0.25, -0.2) is 0 Å². The minimum absolute atomic E-state index is 0.553. The SMILES string of the molecule is CCn1c2ccccc2c2cc(C3(c4ccc5c(c4)c4ccccc4n5CC)C=C(C=O)c4cccc(N(C)C)c4C3)ccc21. The highest BCUT2D eigenvalue weighted by atomic mass is 16.1. The highest BCUT2D eigenvalue weighted by Gasteiger charge is 2.39. The summed E-state index contributed by atoms with van der Waals surface area (Å²) >= 11 is 0. The first-order valence-corrected chi connectivity index (χ1v) is 16.0. The molecule has 7 aromatic rings. The molecule has 45 heavy (non-hydrogen) atoms. The Balaban J connectivity index is 1.48. The summed E-state index contributed by atoms with van der Waals surface area (Å²) in [6, 6.07) is 37.7. The van der Waals surface area contributed by atoms with Crippen molar-refractivity contribution < 1.29 is 4.79 Å². The van der Waals surface area contributed by atoms with E-state index < -0.39 is 5.41 Å². The van der Waals surface area contributed by atoms with Crippen molar-refractivity contribution in [3.8, 4) is 0 Å². The van der Waals surface area contributed by atoms with Crippen molar-refractivity contribution in [1.29, 1.82) is 0 Å². The third-order valence-corrected chi connectivity index (χ3v) is 10.1. The fourth-order valence-electron chi connectivity index (χ4n) is 8.10. The van der Waals surface area contributed by atoms with Gasteiger partial charge in [-0.05, 0) is 85.0 Å². The van der Waals surface area contributed by atoms with Crippen LogP contribution in [0.2, 0.25) is 0 Å². The molecule has 0 radical (unpaired) electrons. The molecule has 2 aromatic heterocycles. The summed E-state index contributed by atoms with van der Waals surface area (Å²) in [7, 11) is 4.18. The van der Waals surface area contributed by atoms with E-state index in [4.69, 9.17) is 0 Å². The zero-order chi connectivity index (χ0) is 30.9. The average molecular weight is 588 g/mol. The molecular formula is C41H37N3O. The molecule has 4 heteroatoms. The maximum absolute atomic E-state index is 12.9. The predicted octanol–water partition coefficient (Wildman–Crippen LogP) is 9.13. The zero-order valence-electron chi connectivity index (χ0n) is 26.3. The van der Waals surface area contributed by atoms with Gasteiger partial charge in [-0.2, -0.15) is 0 Å². The highest BCUT2D eigenvalue weighted by molar-refractivity contribution is 6.12. The Bertz CT molecular complexity index is 2210. The molecule has 5 aromatic carbocycles. The number of anilines is 1. The van der Waals surface area contributed by atoms with E-state index in [0.717, 1.165) is 42.6 Å². The lowest BCUT2D eigenvalue weighted by molar-refractivity contribution is -0.103. The van der Waals surface area contributed by atoms with Crippen LogP contribution in [0.3, 0.4) is 0 Å². The minimum atomic E-state index is -0.553. The zero-order valence-corrected chi connectivity index (χ0v) is 26.3.